The molecule has 0 aromatic heterocycles. The van der Waals surface area contributed by atoms with E-state index in [1.165, 1.54) is 7.11 Å². The normalized spacial score (nSPS) is 10.7. The van der Waals surface area contributed by atoms with Crippen LogP contribution in [0.5, 0.6) is 0 Å². The van der Waals surface area contributed by atoms with Gasteiger partial charge >= 0.3 is 12.1 Å². The van der Waals surface area contributed by atoms with Crippen LogP contribution in [-0.4, -0.2) is 24.2 Å². The molecule has 0 spiro atoms. The number of nitrogens with two attached hydrogens (primary N) is 1. The Morgan fingerprint density at radius 1 is 1.53 bits per heavy atom. The molecule has 9 nitrogen and oxygen atoms in total. The number of hydrazine groups is 1. The van der Waals surface area contributed by atoms with Crippen LogP contribution >= 0.6 is 0 Å². The SMILES string of the molecule is COC(=O)Nc1cc([NH+]=C(N)N[N+](=O)[O-])ccc1C. The molecule has 0 unspecified atom stereocenters. The molecule has 0 fully saturated rings. The van der Waals surface area contributed by atoms with Gasteiger partial charge in [-0.3, -0.25) is 11.1 Å². The van der Waals surface area contributed by atoms with E-state index in [1.807, 2.05) is 0 Å². The van der Waals surface area contributed by atoms with Crippen LogP contribution in [0.3, 0.4) is 0 Å². The monoisotopic (exact) mass is 268 g/mol. The molecule has 0 aliphatic carbocycles. The van der Waals surface area contributed by atoms with Crippen molar-refractivity contribution in [2.45, 2.75) is 6.92 Å². The number of carbonyl (C=O) groups is 1. The Hall–Kier alpha value is -2.84. The lowest BCUT2D eigenvalue weighted by atomic mass is 10.2. The Bertz CT molecular complexity index is 529. The lowest BCUT2D eigenvalue weighted by molar-refractivity contribution is -0.536. The van der Waals surface area contributed by atoms with Gasteiger partial charge in [-0.2, -0.15) is 0 Å². The van der Waals surface area contributed by atoms with Crippen molar-refractivity contribution in [2.75, 3.05) is 12.4 Å². The smallest absolute Gasteiger partial charge is 0.411 e. The fraction of sp³-hybridized carbons (Fsp3) is 0.200. The molecule has 5 N–H and O–H groups in total. The average molecular weight is 268 g/mol. The third-order valence-corrected chi connectivity index (χ3v) is 2.15. The van der Waals surface area contributed by atoms with E-state index in [1.54, 1.807) is 30.5 Å². The number of nitrogens with one attached hydrogen (secondary N) is 3. The molecule has 102 valence electrons. The molecule has 0 saturated heterocycles. The molecule has 0 heterocycles. The van der Waals surface area contributed by atoms with E-state index < -0.39 is 11.1 Å². The van der Waals surface area contributed by atoms with Gasteiger partial charge in [-0.1, -0.05) is 6.07 Å². The fourth-order valence-corrected chi connectivity index (χ4v) is 1.28. The van der Waals surface area contributed by atoms with Gasteiger partial charge in [0.05, 0.1) is 12.8 Å². The number of methoxy groups -OCH3 is 1. The maximum absolute atomic E-state index is 11.1. The predicted octanol–water partition coefficient (Wildman–Crippen LogP) is -1.02. The van der Waals surface area contributed by atoms with Crippen molar-refractivity contribution in [3.8, 4) is 0 Å². The number of rotatable bonds is 3. The van der Waals surface area contributed by atoms with E-state index in [9.17, 15) is 14.9 Å². The summed E-state index contributed by atoms with van der Waals surface area (Å²) in [5, 5.41) is 11.9. The summed E-state index contributed by atoms with van der Waals surface area (Å²) in [4.78, 5) is 23.9. The van der Waals surface area contributed by atoms with Gasteiger partial charge in [-0.25, -0.2) is 19.9 Å². The van der Waals surface area contributed by atoms with Gasteiger partial charge in [0.15, 0.2) is 0 Å². The Kier molecular flexibility index (Phi) is 4.63. The molecule has 0 atom stereocenters. The number of nitrogens with zero attached hydrogens (tertiary/aromatic N) is 1. The van der Waals surface area contributed by atoms with E-state index >= 15 is 0 Å². The second-order valence-corrected chi connectivity index (χ2v) is 3.55. The highest BCUT2D eigenvalue weighted by atomic mass is 16.7. The number of aryl methyl sites for hydroxylation is 1. The van der Waals surface area contributed by atoms with Crippen molar-refractivity contribution in [3.63, 3.8) is 0 Å². The number of benzene rings is 1. The molecule has 0 saturated carbocycles. The average Bonchev–Trinajstić information content (AvgIpc) is 2.32. The van der Waals surface area contributed by atoms with E-state index in [4.69, 9.17) is 5.73 Å². The predicted molar refractivity (Wildman–Crippen MR) is 67.2 cm³/mol. The largest absolute Gasteiger partial charge is 0.453 e. The van der Waals surface area contributed by atoms with Crippen LogP contribution in [0, 0.1) is 17.0 Å². The van der Waals surface area contributed by atoms with Gasteiger partial charge < -0.3 is 4.74 Å². The molecular formula is C10H14N5O4+. The van der Waals surface area contributed by atoms with E-state index in [2.05, 4.69) is 15.0 Å². The standard InChI is InChI=1S/C10H13N5O4/c1-6-3-4-7(12-9(11)14-15(17)18)5-8(6)13-10(16)19-2/h3-5H,1-2H3,(H,13,16)(H3,11,12,14)/p+1. The zero-order chi connectivity index (χ0) is 14.4. The molecule has 0 aliphatic heterocycles. The number of ether oxygens (including phenoxy) is 1. The van der Waals surface area contributed by atoms with Crippen molar-refractivity contribution < 1.29 is 19.6 Å². The highest BCUT2D eigenvalue weighted by Gasteiger charge is 2.09. The maximum Gasteiger partial charge on any atom is 0.411 e. The molecule has 9 heteroatoms. The zero-order valence-electron chi connectivity index (χ0n) is 10.4. The number of guanidine groups is 1. The van der Waals surface area contributed by atoms with Crippen molar-refractivity contribution >= 4 is 23.4 Å². The highest BCUT2D eigenvalue weighted by molar-refractivity contribution is 5.86. The number of hydrogen-bond donors (Lipinski definition) is 4. The van der Waals surface area contributed by atoms with Gasteiger partial charge in [0.25, 0.3) is 0 Å². The summed E-state index contributed by atoms with van der Waals surface area (Å²) in [6.07, 6.45) is -0.611. The summed E-state index contributed by atoms with van der Waals surface area (Å²) in [6, 6.07) is 4.94. The highest BCUT2D eigenvalue weighted by Crippen LogP contribution is 2.17. The fourth-order valence-electron chi connectivity index (χ4n) is 1.28. The molecule has 1 amide bonds. The molecule has 0 radical (unpaired) electrons. The first kappa shape index (κ1) is 14.2. The van der Waals surface area contributed by atoms with Gasteiger partial charge in [0.2, 0.25) is 5.03 Å². The number of anilines is 1. The Morgan fingerprint density at radius 2 is 2.21 bits per heavy atom. The summed E-state index contributed by atoms with van der Waals surface area (Å²) in [5.74, 6) is -0.238. The van der Waals surface area contributed by atoms with E-state index in [0.717, 1.165) is 5.56 Å². The summed E-state index contributed by atoms with van der Waals surface area (Å²) >= 11 is 0. The van der Waals surface area contributed by atoms with Crippen LogP contribution in [0.1, 0.15) is 5.56 Å². The van der Waals surface area contributed by atoms with Crippen LogP contribution in [0.25, 0.3) is 0 Å². The molecule has 1 aromatic carbocycles. The number of hydrogen-bond acceptors (Lipinski definition) is 4. The van der Waals surface area contributed by atoms with Crippen molar-refractivity contribution in [1.82, 2.24) is 5.43 Å². The zero-order valence-corrected chi connectivity index (χ0v) is 10.4. The number of amides is 1. The number of carbonyl (C=O) groups excluding carboxylic acids is 1. The third-order valence-electron chi connectivity index (χ3n) is 2.15. The van der Waals surface area contributed by atoms with Crippen molar-refractivity contribution in [1.29, 1.82) is 0 Å². The molecule has 1 aromatic rings. The van der Waals surface area contributed by atoms with Crippen molar-refractivity contribution in [3.05, 3.63) is 33.9 Å². The summed E-state index contributed by atoms with van der Waals surface area (Å²) in [7, 11) is 1.25. The minimum absolute atomic E-state index is 0.238. The molecule has 1 rings (SSSR count). The van der Waals surface area contributed by atoms with Gasteiger partial charge in [0, 0.05) is 11.5 Å². The lowest BCUT2D eigenvalue weighted by Crippen LogP contribution is -2.74. The van der Waals surface area contributed by atoms with Crippen LogP contribution in [0.2, 0.25) is 0 Å². The number of nitro groups is 1. The minimum atomic E-state index is -0.788. The summed E-state index contributed by atoms with van der Waals surface area (Å²) < 4.78 is 4.48. The van der Waals surface area contributed by atoms with Crippen LogP contribution < -0.4 is 21.5 Å². The van der Waals surface area contributed by atoms with E-state index in [0.29, 0.717) is 11.4 Å². The third kappa shape index (κ3) is 4.50. The Balaban J connectivity index is 2.95. The summed E-state index contributed by atoms with van der Waals surface area (Å²) in [5.41, 5.74) is 8.92. The van der Waals surface area contributed by atoms with Crippen LogP contribution in [-0.2, 0) is 4.74 Å². The molecule has 0 bridgehead atoms. The first-order chi connectivity index (χ1) is 8.92. The van der Waals surface area contributed by atoms with Gasteiger partial charge in [-0.05, 0) is 18.6 Å². The Morgan fingerprint density at radius 3 is 2.79 bits per heavy atom. The second kappa shape index (κ2) is 6.19. The summed E-state index contributed by atoms with van der Waals surface area (Å²) in [6.45, 7) is 1.79. The second-order valence-electron chi connectivity index (χ2n) is 3.55. The molecular weight excluding hydrogens is 254 g/mol. The van der Waals surface area contributed by atoms with Crippen LogP contribution in [0.4, 0.5) is 16.2 Å². The molecule has 0 aliphatic rings. The minimum Gasteiger partial charge on any atom is -0.453 e. The lowest BCUT2D eigenvalue weighted by Gasteiger charge is -2.07. The maximum atomic E-state index is 11.1. The first-order valence-electron chi connectivity index (χ1n) is 5.18. The van der Waals surface area contributed by atoms with Crippen molar-refractivity contribution in [2.24, 2.45) is 5.73 Å². The van der Waals surface area contributed by atoms with Gasteiger partial charge in [-0.15, -0.1) is 0 Å². The van der Waals surface area contributed by atoms with E-state index in [-0.39, 0.29) is 5.96 Å². The first-order valence-corrected chi connectivity index (χ1v) is 5.18. The van der Waals surface area contributed by atoms with Crippen LogP contribution in [0.15, 0.2) is 18.2 Å². The Labute approximate surface area is 108 Å². The molecule has 19 heavy (non-hydrogen) atoms. The topological polar surface area (TPSA) is 133 Å². The van der Waals surface area contributed by atoms with Gasteiger partial charge in [0.1, 0.15) is 5.69 Å². The quantitative estimate of drug-likeness (QED) is 0.240.